The van der Waals surface area contributed by atoms with E-state index in [4.69, 9.17) is 15.2 Å². The highest BCUT2D eigenvalue weighted by atomic mass is 16.5. The molecule has 0 fully saturated rings. The van der Waals surface area contributed by atoms with Crippen molar-refractivity contribution < 1.29 is 9.47 Å². The van der Waals surface area contributed by atoms with Crippen LogP contribution in [0, 0.1) is 0 Å². The summed E-state index contributed by atoms with van der Waals surface area (Å²) in [6, 6.07) is 9.37. The molecule has 2 aromatic heterocycles. The number of pyridine rings is 2. The maximum atomic E-state index is 5.61. The summed E-state index contributed by atoms with van der Waals surface area (Å²) in [5, 5.41) is 0. The maximum absolute atomic E-state index is 5.61. The molecule has 0 amide bonds. The summed E-state index contributed by atoms with van der Waals surface area (Å²) in [6.07, 6.45) is 2.48. The third kappa shape index (κ3) is 3.93. The molecule has 0 atom stereocenters. The lowest BCUT2D eigenvalue weighted by Gasteiger charge is -2.07. The first-order chi connectivity index (χ1) is 9.31. The zero-order valence-corrected chi connectivity index (χ0v) is 10.9. The molecule has 0 aliphatic heterocycles. The third-order valence-electron chi connectivity index (χ3n) is 2.58. The normalized spacial score (nSPS) is 10.2. The Kier molecular flexibility index (Phi) is 4.69. The molecule has 0 saturated carbocycles. The van der Waals surface area contributed by atoms with Gasteiger partial charge in [0.25, 0.3) is 0 Å². The minimum Gasteiger partial charge on any atom is -0.486 e. The molecule has 0 saturated heterocycles. The topological polar surface area (TPSA) is 70.3 Å². The second-order valence-electron chi connectivity index (χ2n) is 3.98. The van der Waals surface area contributed by atoms with Crippen LogP contribution < -0.4 is 15.2 Å². The van der Waals surface area contributed by atoms with Crippen molar-refractivity contribution in [3.05, 3.63) is 47.9 Å². The molecule has 0 spiro atoms. The third-order valence-corrected chi connectivity index (χ3v) is 2.58. The van der Waals surface area contributed by atoms with Gasteiger partial charge in [0, 0.05) is 18.2 Å². The molecule has 2 heterocycles. The van der Waals surface area contributed by atoms with Crippen molar-refractivity contribution in [3.63, 3.8) is 0 Å². The molecule has 2 N–H and O–H groups in total. The van der Waals surface area contributed by atoms with Gasteiger partial charge in [-0.1, -0.05) is 6.07 Å². The fraction of sp³-hybridized carbons (Fsp3) is 0.286. The number of hydrogen-bond acceptors (Lipinski definition) is 5. The van der Waals surface area contributed by atoms with Crippen LogP contribution >= 0.6 is 0 Å². The average Bonchev–Trinajstić information content (AvgIpc) is 2.47. The van der Waals surface area contributed by atoms with Gasteiger partial charge >= 0.3 is 0 Å². The molecular weight excluding hydrogens is 242 g/mol. The molecule has 0 unspecified atom stereocenters. The van der Waals surface area contributed by atoms with Gasteiger partial charge in [0.2, 0.25) is 5.88 Å². The Balaban J connectivity index is 1.94. The first kappa shape index (κ1) is 13.3. The van der Waals surface area contributed by atoms with Gasteiger partial charge in [-0.15, -0.1) is 0 Å². The number of ether oxygens (including phenoxy) is 2. The van der Waals surface area contributed by atoms with Gasteiger partial charge in [0.1, 0.15) is 12.4 Å². The van der Waals surface area contributed by atoms with Crippen molar-refractivity contribution in [2.45, 2.75) is 13.0 Å². The van der Waals surface area contributed by atoms with Crippen LogP contribution in [0.3, 0.4) is 0 Å². The average molecular weight is 259 g/mol. The SMILES string of the molecule is COc1cccc(COc2ccc(CCN)nc2)n1. The number of nitrogens with zero attached hydrogens (tertiary/aromatic N) is 2. The second kappa shape index (κ2) is 6.70. The summed E-state index contributed by atoms with van der Waals surface area (Å²) in [5.41, 5.74) is 7.25. The quantitative estimate of drug-likeness (QED) is 0.852. The van der Waals surface area contributed by atoms with Gasteiger partial charge < -0.3 is 15.2 Å². The van der Waals surface area contributed by atoms with Crippen LogP contribution in [-0.2, 0) is 13.0 Å². The largest absolute Gasteiger partial charge is 0.486 e. The van der Waals surface area contributed by atoms with Gasteiger partial charge in [0.15, 0.2) is 0 Å². The van der Waals surface area contributed by atoms with E-state index in [2.05, 4.69) is 9.97 Å². The monoisotopic (exact) mass is 259 g/mol. The Morgan fingerprint density at radius 1 is 1.16 bits per heavy atom. The van der Waals surface area contributed by atoms with Crippen LogP contribution in [0.15, 0.2) is 36.5 Å². The standard InChI is InChI=1S/C14H17N3O2/c1-18-14-4-2-3-12(17-14)10-19-13-6-5-11(7-8-15)16-9-13/h2-6,9H,7-8,10,15H2,1H3. The van der Waals surface area contributed by atoms with Crippen LogP contribution in [0.2, 0.25) is 0 Å². The molecule has 0 aliphatic rings. The molecule has 5 heteroatoms. The first-order valence-electron chi connectivity index (χ1n) is 6.09. The van der Waals surface area contributed by atoms with E-state index in [1.54, 1.807) is 19.4 Å². The van der Waals surface area contributed by atoms with Crippen molar-refractivity contribution in [2.75, 3.05) is 13.7 Å². The fourth-order valence-corrected chi connectivity index (χ4v) is 1.60. The predicted molar refractivity (Wildman–Crippen MR) is 72.1 cm³/mol. The number of hydrogen-bond donors (Lipinski definition) is 1. The van der Waals surface area contributed by atoms with Crippen molar-refractivity contribution in [3.8, 4) is 11.6 Å². The number of rotatable bonds is 6. The van der Waals surface area contributed by atoms with Crippen molar-refractivity contribution in [2.24, 2.45) is 5.73 Å². The zero-order chi connectivity index (χ0) is 13.5. The molecule has 2 aromatic rings. The lowest BCUT2D eigenvalue weighted by molar-refractivity contribution is 0.297. The first-order valence-corrected chi connectivity index (χ1v) is 6.09. The second-order valence-corrected chi connectivity index (χ2v) is 3.98. The summed E-state index contributed by atoms with van der Waals surface area (Å²) >= 11 is 0. The summed E-state index contributed by atoms with van der Waals surface area (Å²) in [7, 11) is 1.59. The van der Waals surface area contributed by atoms with E-state index in [1.165, 1.54) is 0 Å². The van der Waals surface area contributed by atoms with Gasteiger partial charge in [-0.2, -0.15) is 0 Å². The van der Waals surface area contributed by atoms with Crippen molar-refractivity contribution >= 4 is 0 Å². The summed E-state index contributed by atoms with van der Waals surface area (Å²) in [5.74, 6) is 1.29. The Labute approximate surface area is 112 Å². The number of aromatic nitrogens is 2. The Hall–Kier alpha value is -2.14. The van der Waals surface area contributed by atoms with E-state index in [0.29, 0.717) is 24.8 Å². The maximum Gasteiger partial charge on any atom is 0.213 e. The molecule has 5 nitrogen and oxygen atoms in total. The highest BCUT2D eigenvalue weighted by Gasteiger charge is 2.00. The molecule has 100 valence electrons. The predicted octanol–water partition coefficient (Wildman–Crippen LogP) is 1.57. The minimum absolute atomic E-state index is 0.384. The molecule has 0 aromatic carbocycles. The summed E-state index contributed by atoms with van der Waals surface area (Å²) in [6.45, 7) is 0.982. The van der Waals surface area contributed by atoms with E-state index >= 15 is 0 Å². The molecule has 19 heavy (non-hydrogen) atoms. The smallest absolute Gasteiger partial charge is 0.213 e. The number of nitrogens with two attached hydrogens (primary N) is 1. The van der Waals surface area contributed by atoms with Crippen LogP contribution in [0.1, 0.15) is 11.4 Å². The van der Waals surface area contributed by atoms with Gasteiger partial charge in [0.05, 0.1) is 19.0 Å². The zero-order valence-electron chi connectivity index (χ0n) is 10.9. The van der Waals surface area contributed by atoms with Crippen molar-refractivity contribution in [1.29, 1.82) is 0 Å². The van der Waals surface area contributed by atoms with E-state index in [-0.39, 0.29) is 0 Å². The van der Waals surface area contributed by atoms with E-state index in [0.717, 1.165) is 17.8 Å². The van der Waals surface area contributed by atoms with Gasteiger partial charge in [-0.05, 0) is 24.7 Å². The molecule has 2 rings (SSSR count). The van der Waals surface area contributed by atoms with Crippen molar-refractivity contribution in [1.82, 2.24) is 9.97 Å². The number of methoxy groups -OCH3 is 1. The van der Waals surface area contributed by atoms with E-state index in [9.17, 15) is 0 Å². The lowest BCUT2D eigenvalue weighted by atomic mass is 10.3. The van der Waals surface area contributed by atoms with Crippen LogP contribution in [0.25, 0.3) is 0 Å². The van der Waals surface area contributed by atoms with Crippen LogP contribution in [-0.4, -0.2) is 23.6 Å². The molecular formula is C14H17N3O2. The molecule has 0 bridgehead atoms. The lowest BCUT2D eigenvalue weighted by Crippen LogP contribution is -2.04. The summed E-state index contributed by atoms with van der Waals surface area (Å²) < 4.78 is 10.7. The van der Waals surface area contributed by atoms with Crippen LogP contribution in [0.5, 0.6) is 11.6 Å². The molecule has 0 aliphatic carbocycles. The van der Waals surface area contributed by atoms with Gasteiger partial charge in [-0.25, -0.2) is 4.98 Å². The Morgan fingerprint density at radius 2 is 2.05 bits per heavy atom. The Morgan fingerprint density at radius 3 is 2.74 bits per heavy atom. The highest BCUT2D eigenvalue weighted by molar-refractivity contribution is 5.21. The van der Waals surface area contributed by atoms with Crippen LogP contribution in [0.4, 0.5) is 0 Å². The summed E-state index contributed by atoms with van der Waals surface area (Å²) in [4.78, 5) is 8.53. The van der Waals surface area contributed by atoms with Gasteiger partial charge in [-0.3, -0.25) is 4.98 Å². The Bertz CT molecular complexity index is 514. The molecule has 0 radical (unpaired) electrons. The van der Waals surface area contributed by atoms with E-state index in [1.807, 2.05) is 24.3 Å². The van der Waals surface area contributed by atoms with E-state index < -0.39 is 0 Å². The fourth-order valence-electron chi connectivity index (χ4n) is 1.60. The minimum atomic E-state index is 0.384. The highest BCUT2D eigenvalue weighted by Crippen LogP contribution is 2.13.